The van der Waals surface area contributed by atoms with Crippen molar-refractivity contribution in [1.82, 2.24) is 10.2 Å². The van der Waals surface area contributed by atoms with Crippen molar-refractivity contribution in [3.05, 3.63) is 64.1 Å². The molecule has 0 aliphatic rings. The van der Waals surface area contributed by atoms with Crippen LogP contribution < -0.4 is 0 Å². The molecule has 2 aromatic carbocycles. The molecule has 0 atom stereocenters. The third-order valence-corrected chi connectivity index (χ3v) is 4.25. The van der Waals surface area contributed by atoms with Gasteiger partial charge in [-0.1, -0.05) is 59.2 Å². The van der Waals surface area contributed by atoms with Gasteiger partial charge in [0, 0.05) is 21.4 Å². The molecule has 0 aliphatic carbocycles. The Balaban J connectivity index is 1.70. The average molecular weight is 337 g/mol. The van der Waals surface area contributed by atoms with Gasteiger partial charge in [-0.25, -0.2) is 0 Å². The molecule has 0 bridgehead atoms. The number of benzene rings is 2. The zero-order chi connectivity index (χ0) is 14.7. The van der Waals surface area contributed by atoms with Crippen LogP contribution in [-0.4, -0.2) is 10.2 Å². The fourth-order valence-electron chi connectivity index (χ4n) is 1.74. The van der Waals surface area contributed by atoms with Crippen molar-refractivity contribution < 1.29 is 4.42 Å². The second-order valence-electron chi connectivity index (χ2n) is 4.26. The van der Waals surface area contributed by atoms with Gasteiger partial charge in [0.1, 0.15) is 0 Å². The van der Waals surface area contributed by atoms with Crippen LogP contribution >= 0.6 is 35.0 Å². The zero-order valence-corrected chi connectivity index (χ0v) is 13.1. The second kappa shape index (κ2) is 6.52. The van der Waals surface area contributed by atoms with Crippen LogP contribution in [0.25, 0.3) is 11.5 Å². The van der Waals surface area contributed by atoms with Crippen molar-refractivity contribution >= 4 is 35.0 Å². The Labute approximate surface area is 136 Å². The van der Waals surface area contributed by atoms with Gasteiger partial charge in [-0.3, -0.25) is 0 Å². The van der Waals surface area contributed by atoms with Crippen LogP contribution in [0.5, 0.6) is 0 Å². The largest absolute Gasteiger partial charge is 0.411 e. The highest BCUT2D eigenvalue weighted by Gasteiger charge is 2.10. The van der Waals surface area contributed by atoms with E-state index < -0.39 is 0 Å². The highest BCUT2D eigenvalue weighted by molar-refractivity contribution is 7.98. The minimum Gasteiger partial charge on any atom is -0.411 e. The molecule has 21 heavy (non-hydrogen) atoms. The summed E-state index contributed by atoms with van der Waals surface area (Å²) in [5, 5.41) is 9.85. The average Bonchev–Trinajstić information content (AvgIpc) is 2.96. The fourth-order valence-corrected chi connectivity index (χ4v) is 3.07. The lowest BCUT2D eigenvalue weighted by Gasteiger charge is -2.02. The van der Waals surface area contributed by atoms with Gasteiger partial charge in [0.2, 0.25) is 5.89 Å². The molecule has 0 saturated carbocycles. The van der Waals surface area contributed by atoms with Crippen molar-refractivity contribution in [1.29, 1.82) is 0 Å². The molecule has 1 heterocycles. The number of nitrogens with zero attached hydrogens (tertiary/aromatic N) is 2. The molecule has 0 fully saturated rings. The van der Waals surface area contributed by atoms with Gasteiger partial charge in [-0.15, -0.1) is 10.2 Å². The number of hydrogen-bond acceptors (Lipinski definition) is 4. The molecule has 6 heteroatoms. The van der Waals surface area contributed by atoms with Crippen molar-refractivity contribution in [2.45, 2.75) is 11.0 Å². The first-order valence-corrected chi connectivity index (χ1v) is 7.92. The Morgan fingerprint density at radius 3 is 2.57 bits per heavy atom. The minimum absolute atomic E-state index is 0.514. The Bertz CT molecular complexity index is 746. The summed E-state index contributed by atoms with van der Waals surface area (Å²) in [5.41, 5.74) is 1.88. The van der Waals surface area contributed by atoms with Crippen LogP contribution in [0.1, 0.15) is 5.56 Å². The van der Waals surface area contributed by atoms with Crippen molar-refractivity contribution in [3.63, 3.8) is 0 Å². The minimum atomic E-state index is 0.514. The smallest absolute Gasteiger partial charge is 0.277 e. The lowest BCUT2D eigenvalue weighted by Crippen LogP contribution is -1.82. The molecule has 0 amide bonds. The standard InChI is InChI=1S/C15H10Cl2N2OS/c16-12-7-6-11(13(17)8-12)9-21-15-19-18-14(20-15)10-4-2-1-3-5-10/h1-8H,9H2. The van der Waals surface area contributed by atoms with Crippen LogP contribution in [0.3, 0.4) is 0 Å². The molecule has 1 aromatic heterocycles. The third kappa shape index (κ3) is 3.59. The van der Waals surface area contributed by atoms with Crippen LogP contribution in [0.2, 0.25) is 10.0 Å². The lowest BCUT2D eigenvalue weighted by molar-refractivity contribution is 0.466. The number of rotatable bonds is 4. The molecule has 3 nitrogen and oxygen atoms in total. The Morgan fingerprint density at radius 2 is 1.81 bits per heavy atom. The Kier molecular flexibility index (Phi) is 4.48. The van der Waals surface area contributed by atoms with Crippen LogP contribution in [0.4, 0.5) is 0 Å². The van der Waals surface area contributed by atoms with E-state index in [1.165, 1.54) is 11.8 Å². The van der Waals surface area contributed by atoms with Gasteiger partial charge in [0.15, 0.2) is 0 Å². The maximum absolute atomic E-state index is 6.13. The Morgan fingerprint density at radius 1 is 1.00 bits per heavy atom. The summed E-state index contributed by atoms with van der Waals surface area (Å²) in [7, 11) is 0. The van der Waals surface area contributed by atoms with Gasteiger partial charge >= 0.3 is 0 Å². The summed E-state index contributed by atoms with van der Waals surface area (Å²) in [6.07, 6.45) is 0. The first kappa shape index (κ1) is 14.4. The molecule has 0 radical (unpaired) electrons. The summed E-state index contributed by atoms with van der Waals surface area (Å²) in [6, 6.07) is 15.1. The maximum Gasteiger partial charge on any atom is 0.277 e. The molecular formula is C15H10Cl2N2OS. The van der Waals surface area contributed by atoms with E-state index in [1.807, 2.05) is 42.5 Å². The van der Waals surface area contributed by atoms with Crippen molar-refractivity contribution in [3.8, 4) is 11.5 Å². The van der Waals surface area contributed by atoms with E-state index in [0.717, 1.165) is 11.1 Å². The van der Waals surface area contributed by atoms with E-state index in [-0.39, 0.29) is 0 Å². The van der Waals surface area contributed by atoms with Crippen LogP contribution in [0, 0.1) is 0 Å². The van der Waals surface area contributed by atoms with Gasteiger partial charge < -0.3 is 4.42 Å². The summed E-state index contributed by atoms with van der Waals surface area (Å²) >= 11 is 13.4. The van der Waals surface area contributed by atoms with Gasteiger partial charge in [0.25, 0.3) is 5.22 Å². The quantitative estimate of drug-likeness (QED) is 0.603. The summed E-state index contributed by atoms with van der Waals surface area (Å²) in [6.45, 7) is 0. The van der Waals surface area contributed by atoms with Gasteiger partial charge in [0.05, 0.1) is 0 Å². The highest BCUT2D eigenvalue weighted by Crippen LogP contribution is 2.29. The van der Waals surface area contributed by atoms with E-state index in [9.17, 15) is 0 Å². The topological polar surface area (TPSA) is 38.9 Å². The predicted molar refractivity (Wildman–Crippen MR) is 85.8 cm³/mol. The Hall–Kier alpha value is -1.49. The number of aromatic nitrogens is 2. The molecule has 0 unspecified atom stereocenters. The molecule has 106 valence electrons. The molecule has 0 aliphatic heterocycles. The van der Waals surface area contributed by atoms with Crippen molar-refractivity contribution in [2.24, 2.45) is 0 Å². The fraction of sp³-hybridized carbons (Fsp3) is 0.0667. The highest BCUT2D eigenvalue weighted by atomic mass is 35.5. The monoisotopic (exact) mass is 336 g/mol. The van der Waals surface area contributed by atoms with Crippen LogP contribution in [-0.2, 0) is 5.75 Å². The normalized spacial score (nSPS) is 10.8. The number of thioether (sulfide) groups is 1. The van der Waals surface area contributed by atoms with Gasteiger partial charge in [-0.2, -0.15) is 0 Å². The summed E-state index contributed by atoms with van der Waals surface area (Å²) in [5.74, 6) is 1.16. The van der Waals surface area contributed by atoms with E-state index >= 15 is 0 Å². The van der Waals surface area contributed by atoms with E-state index in [0.29, 0.717) is 26.9 Å². The molecule has 3 rings (SSSR count). The van der Waals surface area contributed by atoms with E-state index in [2.05, 4.69) is 10.2 Å². The predicted octanol–water partition coefficient (Wildman–Crippen LogP) is 5.34. The van der Waals surface area contributed by atoms with Crippen LogP contribution in [0.15, 0.2) is 58.2 Å². The zero-order valence-electron chi connectivity index (χ0n) is 10.8. The molecular weight excluding hydrogens is 327 g/mol. The van der Waals surface area contributed by atoms with Gasteiger partial charge in [-0.05, 0) is 29.8 Å². The molecule has 3 aromatic rings. The molecule has 0 saturated heterocycles. The number of halogens is 2. The van der Waals surface area contributed by atoms with E-state index in [4.69, 9.17) is 27.6 Å². The first-order valence-electron chi connectivity index (χ1n) is 6.18. The molecule has 0 N–H and O–H groups in total. The summed E-state index contributed by atoms with van der Waals surface area (Å²) < 4.78 is 5.63. The SMILES string of the molecule is Clc1ccc(CSc2nnc(-c3ccccc3)o2)c(Cl)c1. The first-order chi connectivity index (χ1) is 10.2. The third-order valence-electron chi connectivity index (χ3n) is 2.79. The second-order valence-corrected chi connectivity index (χ2v) is 6.03. The maximum atomic E-state index is 6.13. The number of hydrogen-bond donors (Lipinski definition) is 0. The van der Waals surface area contributed by atoms with Crippen molar-refractivity contribution in [2.75, 3.05) is 0 Å². The lowest BCUT2D eigenvalue weighted by atomic mass is 10.2. The summed E-state index contributed by atoms with van der Waals surface area (Å²) in [4.78, 5) is 0. The molecule has 0 spiro atoms. The van der Waals surface area contributed by atoms with E-state index in [1.54, 1.807) is 6.07 Å².